The fourth-order valence-electron chi connectivity index (χ4n) is 6.28. The van der Waals surface area contributed by atoms with Crippen LogP contribution in [0.5, 0.6) is 0 Å². The van der Waals surface area contributed by atoms with E-state index < -0.39 is 0 Å². The highest BCUT2D eigenvalue weighted by Crippen LogP contribution is 2.43. The molecule has 174 valence electrons. The maximum Gasteiger partial charge on any atom is 0.170 e. The van der Waals surface area contributed by atoms with Crippen molar-refractivity contribution in [2.75, 3.05) is 52.6 Å². The molecule has 0 N–H and O–H groups in total. The van der Waals surface area contributed by atoms with Gasteiger partial charge in [-0.25, -0.2) is 0 Å². The molecule has 4 fully saturated rings. The summed E-state index contributed by atoms with van der Waals surface area (Å²) >= 11 is 0. The van der Waals surface area contributed by atoms with Crippen LogP contribution in [0.2, 0.25) is 0 Å². The Balaban J connectivity index is 1.24. The van der Waals surface area contributed by atoms with Gasteiger partial charge in [-0.1, -0.05) is 0 Å². The Morgan fingerprint density at radius 1 is 0.733 bits per heavy atom. The molecule has 0 aromatic rings. The summed E-state index contributed by atoms with van der Waals surface area (Å²) in [5, 5.41) is 0. The molecular weight excluding hydrogens is 376 g/mol. The first-order valence-electron chi connectivity index (χ1n) is 12.5. The van der Waals surface area contributed by atoms with Crippen LogP contribution in [0.4, 0.5) is 0 Å². The Morgan fingerprint density at radius 3 is 1.80 bits per heavy atom. The van der Waals surface area contributed by atoms with Gasteiger partial charge in [0.1, 0.15) is 0 Å². The Bertz CT molecular complexity index is 551. The molecule has 4 rings (SSSR count). The standard InChI is InChI=1S/C25H46N2O3/c1-22(2,3)26-14-8-25(9-15-26)29-19-21(20-30-25)18-23(4,5)27-12-6-24(7-13-27)10-16-28-17-11-24/h21H,6-20H2,1-5H3. The number of hydrogen-bond acceptors (Lipinski definition) is 5. The Labute approximate surface area is 184 Å². The fourth-order valence-corrected chi connectivity index (χ4v) is 6.28. The molecule has 4 aliphatic heterocycles. The molecule has 5 nitrogen and oxygen atoms in total. The van der Waals surface area contributed by atoms with E-state index in [1.165, 1.54) is 38.8 Å². The van der Waals surface area contributed by atoms with E-state index in [4.69, 9.17) is 14.2 Å². The number of rotatable bonds is 3. The van der Waals surface area contributed by atoms with Crippen molar-refractivity contribution in [3.8, 4) is 0 Å². The molecule has 0 saturated carbocycles. The van der Waals surface area contributed by atoms with Gasteiger partial charge in [0.2, 0.25) is 0 Å². The average Bonchev–Trinajstić information content (AvgIpc) is 2.70. The van der Waals surface area contributed by atoms with Gasteiger partial charge in [0.15, 0.2) is 5.79 Å². The Hall–Kier alpha value is -0.200. The third kappa shape index (κ3) is 5.06. The minimum absolute atomic E-state index is 0.213. The lowest BCUT2D eigenvalue weighted by molar-refractivity contribution is -0.303. The zero-order chi connectivity index (χ0) is 21.5. The van der Waals surface area contributed by atoms with E-state index in [1.54, 1.807) is 0 Å². The molecule has 0 aromatic heterocycles. The number of likely N-dealkylation sites (tertiary alicyclic amines) is 2. The predicted molar refractivity (Wildman–Crippen MR) is 121 cm³/mol. The number of nitrogens with zero attached hydrogens (tertiary/aromatic N) is 2. The molecule has 0 atom stereocenters. The molecule has 0 unspecified atom stereocenters. The molecule has 4 saturated heterocycles. The molecule has 2 spiro atoms. The van der Waals surface area contributed by atoms with E-state index >= 15 is 0 Å². The lowest BCUT2D eigenvalue weighted by atomic mass is 9.71. The third-order valence-corrected chi connectivity index (χ3v) is 8.66. The van der Waals surface area contributed by atoms with Crippen molar-refractivity contribution < 1.29 is 14.2 Å². The van der Waals surface area contributed by atoms with Crippen LogP contribution in [0.1, 0.15) is 79.6 Å². The number of piperidine rings is 2. The predicted octanol–water partition coefficient (Wildman–Crippen LogP) is 4.30. The zero-order valence-corrected chi connectivity index (χ0v) is 20.3. The van der Waals surface area contributed by atoms with Gasteiger partial charge in [-0.05, 0) is 85.2 Å². The summed E-state index contributed by atoms with van der Waals surface area (Å²) in [7, 11) is 0. The molecule has 30 heavy (non-hydrogen) atoms. The van der Waals surface area contributed by atoms with Crippen molar-refractivity contribution in [2.45, 2.75) is 96.4 Å². The summed E-state index contributed by atoms with van der Waals surface area (Å²) in [5.41, 5.74) is 1.01. The van der Waals surface area contributed by atoms with Gasteiger partial charge in [-0.2, -0.15) is 0 Å². The van der Waals surface area contributed by atoms with Crippen molar-refractivity contribution in [3.63, 3.8) is 0 Å². The van der Waals surface area contributed by atoms with E-state index in [-0.39, 0.29) is 16.9 Å². The molecule has 0 aromatic carbocycles. The van der Waals surface area contributed by atoms with Crippen LogP contribution >= 0.6 is 0 Å². The summed E-state index contributed by atoms with van der Waals surface area (Å²) in [5.74, 6) is 0.188. The van der Waals surface area contributed by atoms with Crippen molar-refractivity contribution in [1.82, 2.24) is 9.80 Å². The maximum atomic E-state index is 6.42. The molecule has 0 amide bonds. The Morgan fingerprint density at radius 2 is 1.27 bits per heavy atom. The second-order valence-electron chi connectivity index (χ2n) is 12.2. The van der Waals surface area contributed by atoms with Crippen molar-refractivity contribution >= 4 is 0 Å². The normalized spacial score (nSPS) is 29.5. The molecule has 4 heterocycles. The summed E-state index contributed by atoms with van der Waals surface area (Å²) in [6, 6.07) is 0. The van der Waals surface area contributed by atoms with Crippen LogP contribution in [-0.2, 0) is 14.2 Å². The second kappa shape index (κ2) is 8.62. The zero-order valence-electron chi connectivity index (χ0n) is 20.3. The highest BCUT2D eigenvalue weighted by molar-refractivity contribution is 4.94. The van der Waals surface area contributed by atoms with Gasteiger partial charge in [0, 0.05) is 56.1 Å². The lowest BCUT2D eigenvalue weighted by Crippen LogP contribution is -2.57. The topological polar surface area (TPSA) is 34.2 Å². The van der Waals surface area contributed by atoms with Gasteiger partial charge in [0.05, 0.1) is 13.2 Å². The molecule has 0 aliphatic carbocycles. The number of ether oxygens (including phenoxy) is 3. The first kappa shape index (κ1) is 23.0. The van der Waals surface area contributed by atoms with E-state index in [2.05, 4.69) is 44.4 Å². The van der Waals surface area contributed by atoms with Crippen LogP contribution in [0.3, 0.4) is 0 Å². The van der Waals surface area contributed by atoms with Crippen molar-refractivity contribution in [1.29, 1.82) is 0 Å². The summed E-state index contributed by atoms with van der Waals surface area (Å²) < 4.78 is 18.5. The van der Waals surface area contributed by atoms with Crippen LogP contribution in [0.15, 0.2) is 0 Å². The highest BCUT2D eigenvalue weighted by Gasteiger charge is 2.44. The maximum absolute atomic E-state index is 6.42. The van der Waals surface area contributed by atoms with E-state index in [9.17, 15) is 0 Å². The monoisotopic (exact) mass is 422 g/mol. The van der Waals surface area contributed by atoms with Gasteiger partial charge in [-0.15, -0.1) is 0 Å². The first-order chi connectivity index (χ1) is 14.1. The minimum atomic E-state index is -0.317. The van der Waals surface area contributed by atoms with E-state index in [1.807, 2.05) is 0 Å². The molecular formula is C25H46N2O3. The van der Waals surface area contributed by atoms with E-state index in [0.717, 1.165) is 58.8 Å². The molecule has 0 radical (unpaired) electrons. The number of hydrogen-bond donors (Lipinski definition) is 0. The quantitative estimate of drug-likeness (QED) is 0.677. The highest BCUT2D eigenvalue weighted by atomic mass is 16.7. The molecule has 5 heteroatoms. The lowest BCUT2D eigenvalue weighted by Gasteiger charge is -2.51. The van der Waals surface area contributed by atoms with Gasteiger partial charge >= 0.3 is 0 Å². The average molecular weight is 423 g/mol. The molecule has 4 aliphatic rings. The smallest absolute Gasteiger partial charge is 0.170 e. The Kier molecular flexibility index (Phi) is 6.61. The van der Waals surface area contributed by atoms with Crippen LogP contribution < -0.4 is 0 Å². The minimum Gasteiger partial charge on any atom is -0.381 e. The van der Waals surface area contributed by atoms with Crippen LogP contribution in [0, 0.1) is 11.3 Å². The van der Waals surface area contributed by atoms with Crippen LogP contribution in [0.25, 0.3) is 0 Å². The van der Waals surface area contributed by atoms with Gasteiger partial charge in [-0.3, -0.25) is 9.80 Å². The van der Waals surface area contributed by atoms with E-state index in [0.29, 0.717) is 11.3 Å². The van der Waals surface area contributed by atoms with Gasteiger partial charge < -0.3 is 14.2 Å². The first-order valence-corrected chi connectivity index (χ1v) is 12.5. The largest absolute Gasteiger partial charge is 0.381 e. The van der Waals surface area contributed by atoms with Crippen molar-refractivity contribution in [2.24, 2.45) is 11.3 Å². The third-order valence-electron chi connectivity index (χ3n) is 8.66. The van der Waals surface area contributed by atoms with Crippen molar-refractivity contribution in [3.05, 3.63) is 0 Å². The van der Waals surface area contributed by atoms with Crippen LogP contribution in [-0.4, -0.2) is 79.3 Å². The molecule has 0 bridgehead atoms. The summed E-state index contributed by atoms with van der Waals surface area (Å²) in [6.45, 7) is 20.0. The van der Waals surface area contributed by atoms with Gasteiger partial charge in [0.25, 0.3) is 0 Å². The second-order valence-corrected chi connectivity index (χ2v) is 12.2. The summed E-state index contributed by atoms with van der Waals surface area (Å²) in [6.07, 6.45) is 8.36. The summed E-state index contributed by atoms with van der Waals surface area (Å²) in [4.78, 5) is 5.29. The fraction of sp³-hybridized carbons (Fsp3) is 1.00. The SMILES string of the molecule is CC(C)(C)N1CCC2(CC1)OCC(CC(C)(C)N1CCC3(CCOCC3)CC1)CO2.